The van der Waals surface area contributed by atoms with E-state index in [1.54, 1.807) is 11.3 Å². The Hall–Kier alpha value is -1.59. The lowest BCUT2D eigenvalue weighted by Crippen LogP contribution is -2.30. The van der Waals surface area contributed by atoms with Crippen LogP contribution >= 0.6 is 11.3 Å². The highest BCUT2D eigenvalue weighted by Crippen LogP contribution is 2.39. The number of likely N-dealkylation sites (tertiary alicyclic amines) is 1. The molecule has 2 aromatic heterocycles. The number of fused-ring (bicyclic) bond motifs is 1. The van der Waals surface area contributed by atoms with Crippen molar-refractivity contribution in [1.82, 2.24) is 9.47 Å². The summed E-state index contributed by atoms with van der Waals surface area (Å²) in [5.41, 5.74) is 2.17. The topological polar surface area (TPSA) is 45.5 Å². The number of amides is 1. The molecule has 0 bridgehead atoms. The van der Waals surface area contributed by atoms with Crippen LogP contribution < -0.4 is 0 Å². The number of carbonyl (C=O) groups is 1. The van der Waals surface area contributed by atoms with Gasteiger partial charge >= 0.3 is 0 Å². The summed E-state index contributed by atoms with van der Waals surface area (Å²) in [6.07, 6.45) is 7.29. The van der Waals surface area contributed by atoms with E-state index in [9.17, 15) is 9.90 Å². The number of hydrogen-bond donors (Lipinski definition) is 1. The standard InChI is InChI=1S/C18H22N2O2S/c1-12-9-20(10-13(12)11-21)17(22)16-14-5-4-6-15(14)23-18(16)19-7-2-3-8-19/h2-3,7-8,12-13,21H,4-6,9-11H2,1H3/t12-,13+/m1/s1. The van der Waals surface area contributed by atoms with Crippen LogP contribution in [0.25, 0.3) is 5.00 Å². The maximum atomic E-state index is 13.2. The second kappa shape index (κ2) is 5.80. The van der Waals surface area contributed by atoms with E-state index in [0.29, 0.717) is 12.5 Å². The molecule has 5 heteroatoms. The third kappa shape index (κ3) is 2.42. The van der Waals surface area contributed by atoms with Crippen molar-refractivity contribution < 1.29 is 9.90 Å². The van der Waals surface area contributed by atoms with Crippen LogP contribution in [0.3, 0.4) is 0 Å². The summed E-state index contributed by atoms with van der Waals surface area (Å²) >= 11 is 1.77. The Morgan fingerprint density at radius 2 is 2.09 bits per heavy atom. The zero-order valence-electron chi connectivity index (χ0n) is 13.4. The lowest BCUT2D eigenvalue weighted by molar-refractivity contribution is 0.0780. The molecule has 2 atom stereocenters. The molecular formula is C18H22N2O2S. The molecule has 0 radical (unpaired) electrons. The molecule has 1 amide bonds. The number of thiophene rings is 1. The van der Waals surface area contributed by atoms with Gasteiger partial charge in [0.05, 0.1) is 5.56 Å². The number of nitrogens with zero attached hydrogens (tertiary/aromatic N) is 2. The van der Waals surface area contributed by atoms with E-state index >= 15 is 0 Å². The summed E-state index contributed by atoms with van der Waals surface area (Å²) in [5, 5.41) is 10.5. The summed E-state index contributed by atoms with van der Waals surface area (Å²) < 4.78 is 2.07. The van der Waals surface area contributed by atoms with Crippen LogP contribution in [0, 0.1) is 11.8 Å². The van der Waals surface area contributed by atoms with Crippen molar-refractivity contribution >= 4 is 17.2 Å². The molecule has 1 fully saturated rings. The highest BCUT2D eigenvalue weighted by Gasteiger charge is 2.36. The Labute approximate surface area is 140 Å². The summed E-state index contributed by atoms with van der Waals surface area (Å²) in [6, 6.07) is 4.00. The quantitative estimate of drug-likeness (QED) is 0.940. The number of carbonyl (C=O) groups excluding carboxylic acids is 1. The Morgan fingerprint density at radius 3 is 2.78 bits per heavy atom. The Bertz CT molecular complexity index is 720. The van der Waals surface area contributed by atoms with Crippen LogP contribution in [-0.2, 0) is 12.8 Å². The largest absolute Gasteiger partial charge is 0.396 e. The van der Waals surface area contributed by atoms with Crippen LogP contribution in [0.15, 0.2) is 24.5 Å². The SMILES string of the molecule is C[C@@H]1CN(C(=O)c2c(-n3cccc3)sc3c2CCC3)C[C@H]1CO. The average molecular weight is 330 g/mol. The van der Waals surface area contributed by atoms with E-state index in [2.05, 4.69) is 11.5 Å². The third-order valence-electron chi connectivity index (χ3n) is 5.25. The average Bonchev–Trinajstić information content (AvgIpc) is 3.29. The molecule has 4 rings (SSSR count). The minimum absolute atomic E-state index is 0.149. The number of rotatable bonds is 3. The molecule has 1 saturated heterocycles. The first-order chi connectivity index (χ1) is 11.2. The van der Waals surface area contributed by atoms with Gasteiger partial charge in [0.2, 0.25) is 0 Å². The minimum atomic E-state index is 0.149. The number of aliphatic hydroxyl groups excluding tert-OH is 1. The fraction of sp³-hybridized carbons (Fsp3) is 0.500. The highest BCUT2D eigenvalue weighted by molar-refractivity contribution is 7.15. The van der Waals surface area contributed by atoms with Gasteiger partial charge in [-0.05, 0) is 42.9 Å². The Balaban J connectivity index is 1.72. The molecule has 0 aromatic carbocycles. The van der Waals surface area contributed by atoms with Crippen LogP contribution in [-0.4, -0.2) is 40.2 Å². The molecule has 0 spiro atoms. The Morgan fingerprint density at radius 1 is 1.30 bits per heavy atom. The first-order valence-electron chi connectivity index (χ1n) is 8.37. The van der Waals surface area contributed by atoms with Gasteiger partial charge in [0.1, 0.15) is 5.00 Å². The van der Waals surface area contributed by atoms with Crippen molar-refractivity contribution in [2.24, 2.45) is 11.8 Å². The van der Waals surface area contributed by atoms with Crippen molar-refractivity contribution in [2.75, 3.05) is 19.7 Å². The lowest BCUT2D eigenvalue weighted by Gasteiger charge is -2.18. The van der Waals surface area contributed by atoms with Gasteiger partial charge in [-0.25, -0.2) is 0 Å². The van der Waals surface area contributed by atoms with E-state index < -0.39 is 0 Å². The maximum Gasteiger partial charge on any atom is 0.257 e. The normalized spacial score (nSPS) is 23.5. The molecule has 1 N–H and O–H groups in total. The number of aryl methyl sites for hydroxylation is 1. The summed E-state index contributed by atoms with van der Waals surface area (Å²) in [4.78, 5) is 16.5. The van der Waals surface area contributed by atoms with Gasteiger partial charge in [0.15, 0.2) is 0 Å². The summed E-state index contributed by atoms with van der Waals surface area (Å²) in [7, 11) is 0. The van der Waals surface area contributed by atoms with E-state index in [-0.39, 0.29) is 18.4 Å². The molecule has 3 heterocycles. The summed E-state index contributed by atoms with van der Waals surface area (Å²) in [6.45, 7) is 3.71. The van der Waals surface area contributed by atoms with Gasteiger partial charge in [0.25, 0.3) is 5.91 Å². The lowest BCUT2D eigenvalue weighted by atomic mass is 10.00. The van der Waals surface area contributed by atoms with Gasteiger partial charge in [-0.15, -0.1) is 11.3 Å². The molecule has 0 unspecified atom stereocenters. The first kappa shape index (κ1) is 15.0. The predicted octanol–water partition coefficient (Wildman–Crippen LogP) is 2.73. The monoisotopic (exact) mass is 330 g/mol. The van der Waals surface area contributed by atoms with Crippen molar-refractivity contribution in [2.45, 2.75) is 26.2 Å². The molecule has 4 nitrogen and oxygen atoms in total. The molecular weight excluding hydrogens is 308 g/mol. The minimum Gasteiger partial charge on any atom is -0.396 e. The zero-order chi connectivity index (χ0) is 16.0. The third-order valence-corrected chi connectivity index (χ3v) is 6.55. The van der Waals surface area contributed by atoms with E-state index in [1.807, 2.05) is 29.4 Å². The molecule has 1 aliphatic carbocycles. The highest BCUT2D eigenvalue weighted by atomic mass is 32.1. The second-order valence-corrected chi connectivity index (χ2v) is 7.84. The van der Waals surface area contributed by atoms with Crippen molar-refractivity contribution in [3.05, 3.63) is 40.5 Å². The van der Waals surface area contributed by atoms with Crippen molar-refractivity contribution in [3.8, 4) is 5.00 Å². The van der Waals surface area contributed by atoms with E-state index in [4.69, 9.17) is 0 Å². The van der Waals surface area contributed by atoms with Crippen LogP contribution in [0.1, 0.15) is 34.1 Å². The smallest absolute Gasteiger partial charge is 0.257 e. The van der Waals surface area contributed by atoms with Crippen molar-refractivity contribution in [1.29, 1.82) is 0 Å². The van der Waals surface area contributed by atoms with Gasteiger partial charge in [0, 0.05) is 42.9 Å². The fourth-order valence-electron chi connectivity index (χ4n) is 3.86. The second-order valence-electron chi connectivity index (χ2n) is 6.76. The first-order valence-corrected chi connectivity index (χ1v) is 9.18. The Kier molecular flexibility index (Phi) is 3.77. The van der Waals surface area contributed by atoms with Crippen LogP contribution in [0.5, 0.6) is 0 Å². The maximum absolute atomic E-state index is 13.2. The molecule has 2 aliphatic rings. The van der Waals surface area contributed by atoms with Gasteiger partial charge in [-0.1, -0.05) is 6.92 Å². The van der Waals surface area contributed by atoms with Gasteiger partial charge < -0.3 is 14.6 Å². The van der Waals surface area contributed by atoms with Gasteiger partial charge in [-0.2, -0.15) is 0 Å². The molecule has 1 aliphatic heterocycles. The molecule has 2 aromatic rings. The fourth-order valence-corrected chi connectivity index (χ4v) is 5.20. The van der Waals surface area contributed by atoms with E-state index in [0.717, 1.165) is 36.4 Å². The number of aliphatic hydroxyl groups is 1. The summed E-state index contributed by atoms with van der Waals surface area (Å²) in [5.74, 6) is 0.724. The number of aromatic nitrogens is 1. The molecule has 122 valence electrons. The van der Waals surface area contributed by atoms with Crippen LogP contribution in [0.4, 0.5) is 0 Å². The predicted molar refractivity (Wildman–Crippen MR) is 91.3 cm³/mol. The van der Waals surface area contributed by atoms with E-state index in [1.165, 1.54) is 10.4 Å². The molecule has 0 saturated carbocycles. The van der Waals surface area contributed by atoms with Gasteiger partial charge in [-0.3, -0.25) is 4.79 Å². The molecule has 23 heavy (non-hydrogen) atoms. The van der Waals surface area contributed by atoms with Crippen LogP contribution in [0.2, 0.25) is 0 Å². The zero-order valence-corrected chi connectivity index (χ0v) is 14.2. The number of hydrogen-bond acceptors (Lipinski definition) is 3. The van der Waals surface area contributed by atoms with Crippen molar-refractivity contribution in [3.63, 3.8) is 0 Å².